The summed E-state index contributed by atoms with van der Waals surface area (Å²) in [6.45, 7) is 2.41. The van der Waals surface area contributed by atoms with Gasteiger partial charge in [-0.05, 0) is 126 Å². The monoisotopic (exact) mass is 761 g/mol. The first-order valence-corrected chi connectivity index (χ1v) is 20.6. The third-order valence-electron chi connectivity index (χ3n) is 12.2. The third kappa shape index (κ3) is 5.07. The summed E-state index contributed by atoms with van der Waals surface area (Å²) in [6.07, 6.45) is 11.0. The van der Waals surface area contributed by atoms with Gasteiger partial charge in [0.05, 0.1) is 17.4 Å². The average molecular weight is 762 g/mol. The molecule has 0 saturated carbocycles. The number of hydrogen-bond acceptors (Lipinski definition) is 5. The molecule has 4 nitrogen and oxygen atoms in total. The molecule has 5 heteroatoms. The topological polar surface area (TPSA) is 42.2 Å². The maximum atomic E-state index is 6.36. The van der Waals surface area contributed by atoms with Gasteiger partial charge in [0.1, 0.15) is 11.2 Å². The van der Waals surface area contributed by atoms with Gasteiger partial charge in [-0.1, -0.05) is 85.0 Å². The maximum absolute atomic E-state index is 6.36. The zero-order valence-electron chi connectivity index (χ0n) is 31.6. The second-order valence-corrected chi connectivity index (χ2v) is 16.7. The van der Waals surface area contributed by atoms with Gasteiger partial charge in [-0.25, -0.2) is 0 Å². The molecule has 10 aromatic rings. The molecule has 12 rings (SSSR count). The molecule has 4 aromatic heterocycles. The second-order valence-electron chi connectivity index (χ2n) is 15.6. The van der Waals surface area contributed by atoms with Crippen molar-refractivity contribution in [3.8, 4) is 33.6 Å². The van der Waals surface area contributed by atoms with Gasteiger partial charge in [0.25, 0.3) is 0 Å². The van der Waals surface area contributed by atoms with Crippen molar-refractivity contribution in [3.63, 3.8) is 0 Å². The van der Waals surface area contributed by atoms with Crippen molar-refractivity contribution in [1.82, 2.24) is 9.97 Å². The summed E-state index contributed by atoms with van der Waals surface area (Å²) in [4.78, 5) is 11.9. The molecule has 2 unspecified atom stereocenters. The Balaban J connectivity index is 1.02. The minimum absolute atomic E-state index is 0.0642. The highest BCUT2D eigenvalue weighted by Crippen LogP contribution is 2.55. The molecule has 274 valence electrons. The highest BCUT2D eigenvalue weighted by Gasteiger charge is 2.47. The number of nitrogens with zero attached hydrogens (tertiary/aromatic N) is 3. The molecule has 2 aliphatic rings. The Morgan fingerprint density at radius 3 is 2.07 bits per heavy atom. The van der Waals surface area contributed by atoms with Crippen LogP contribution in [0.3, 0.4) is 0 Å². The summed E-state index contributed by atoms with van der Waals surface area (Å²) < 4.78 is 8.99. The van der Waals surface area contributed by atoms with Crippen LogP contribution in [0.25, 0.3) is 81.3 Å². The molecule has 0 amide bonds. The Labute approximate surface area is 339 Å². The first kappa shape index (κ1) is 33.1. The van der Waals surface area contributed by atoms with Crippen molar-refractivity contribution in [3.05, 3.63) is 199 Å². The minimum Gasteiger partial charge on any atom is -0.456 e. The van der Waals surface area contributed by atoms with Crippen LogP contribution in [-0.4, -0.2) is 16.0 Å². The maximum Gasteiger partial charge on any atom is 0.135 e. The van der Waals surface area contributed by atoms with Gasteiger partial charge in [0.15, 0.2) is 0 Å². The van der Waals surface area contributed by atoms with Gasteiger partial charge < -0.3 is 9.32 Å². The molecule has 58 heavy (non-hydrogen) atoms. The average Bonchev–Trinajstić information content (AvgIpc) is 3.93. The molecule has 0 radical (unpaired) electrons. The van der Waals surface area contributed by atoms with Gasteiger partial charge in [0.2, 0.25) is 0 Å². The highest BCUT2D eigenvalue weighted by molar-refractivity contribution is 7.25. The number of rotatable bonds is 5. The van der Waals surface area contributed by atoms with Crippen LogP contribution in [0.5, 0.6) is 0 Å². The number of pyridine rings is 2. The number of aromatic nitrogens is 2. The standard InChI is InChI=1S/C53H35N3OS/c1-53-32-36(33-17-22-48-41(28-33)42-29-35(18-23-49(42)57-48)45-13-6-8-26-54-45)19-25-52(53)56(37-20-24-51-43(31-37)40-12-4-5-15-50(40)58-51)47-21-16-34(30-44(47)53)38-10-2-3-11-39(38)46-14-7-9-27-55-46/h2-32,52H,1H3. The van der Waals surface area contributed by atoms with Crippen LogP contribution in [0.4, 0.5) is 11.4 Å². The lowest BCUT2D eigenvalue weighted by atomic mass is 9.73. The lowest BCUT2D eigenvalue weighted by Crippen LogP contribution is -2.39. The number of anilines is 2. The van der Waals surface area contributed by atoms with Crippen molar-refractivity contribution < 1.29 is 4.42 Å². The van der Waals surface area contributed by atoms with E-state index in [0.29, 0.717) is 0 Å². The summed E-state index contributed by atoms with van der Waals surface area (Å²) in [6, 6.07) is 56.7. The predicted octanol–water partition coefficient (Wildman–Crippen LogP) is 14.2. The number of thiophene rings is 1. The Bertz CT molecular complexity index is 3320. The molecule has 1 aliphatic carbocycles. The van der Waals surface area contributed by atoms with Crippen LogP contribution in [0, 0.1) is 0 Å². The van der Waals surface area contributed by atoms with E-state index in [9.17, 15) is 0 Å². The van der Waals surface area contributed by atoms with E-state index in [2.05, 4.69) is 175 Å². The number of fused-ring (bicyclic) bond motifs is 9. The van der Waals surface area contributed by atoms with E-state index in [-0.39, 0.29) is 11.5 Å². The molecule has 0 fully saturated rings. The molecular weight excluding hydrogens is 727 g/mol. The van der Waals surface area contributed by atoms with Crippen LogP contribution >= 0.6 is 11.3 Å². The minimum atomic E-state index is -0.347. The third-order valence-corrected chi connectivity index (χ3v) is 13.4. The van der Waals surface area contributed by atoms with Crippen molar-refractivity contribution in [2.45, 2.75) is 18.4 Å². The van der Waals surface area contributed by atoms with Gasteiger partial charge in [-0.3, -0.25) is 9.97 Å². The van der Waals surface area contributed by atoms with Crippen molar-refractivity contribution in [2.24, 2.45) is 0 Å². The highest BCUT2D eigenvalue weighted by atomic mass is 32.1. The second kappa shape index (κ2) is 12.7. The van der Waals surface area contributed by atoms with Gasteiger partial charge in [-0.15, -0.1) is 11.3 Å². The zero-order chi connectivity index (χ0) is 38.4. The number of benzene rings is 6. The summed E-state index contributed by atoms with van der Waals surface area (Å²) in [5.41, 5.74) is 14.0. The fourth-order valence-electron chi connectivity index (χ4n) is 9.41. The fourth-order valence-corrected chi connectivity index (χ4v) is 10.5. The van der Waals surface area contributed by atoms with Crippen molar-refractivity contribution in [2.75, 3.05) is 4.90 Å². The zero-order valence-corrected chi connectivity index (χ0v) is 32.4. The Kier molecular flexibility index (Phi) is 7.26. The molecule has 6 aromatic carbocycles. The molecule has 0 spiro atoms. The van der Waals surface area contributed by atoms with Gasteiger partial charge in [0, 0.05) is 71.3 Å². The van der Waals surface area contributed by atoms with Crippen molar-refractivity contribution in [1.29, 1.82) is 0 Å². The first-order chi connectivity index (χ1) is 28.6. The lowest BCUT2D eigenvalue weighted by molar-refractivity contribution is 0.553. The normalized spacial score (nSPS) is 17.3. The van der Waals surface area contributed by atoms with Crippen LogP contribution in [0.15, 0.2) is 193 Å². The molecule has 0 saturated heterocycles. The van der Waals surface area contributed by atoms with E-state index in [0.717, 1.165) is 50.0 Å². The summed E-state index contributed by atoms with van der Waals surface area (Å²) in [5.74, 6) is 0. The predicted molar refractivity (Wildman–Crippen MR) is 242 cm³/mol. The van der Waals surface area contributed by atoms with E-state index in [1.807, 2.05) is 41.9 Å². The number of hydrogen-bond donors (Lipinski definition) is 0. The summed E-state index contributed by atoms with van der Waals surface area (Å²) in [7, 11) is 0. The van der Waals surface area contributed by atoms with Crippen LogP contribution < -0.4 is 4.90 Å². The van der Waals surface area contributed by atoms with Crippen LogP contribution in [0.2, 0.25) is 0 Å². The first-order valence-electron chi connectivity index (χ1n) is 19.7. The van der Waals surface area contributed by atoms with Crippen LogP contribution in [0.1, 0.15) is 18.1 Å². The number of allylic oxidation sites excluding steroid dienone is 2. The lowest BCUT2D eigenvalue weighted by Gasteiger charge is -2.36. The Morgan fingerprint density at radius 2 is 1.26 bits per heavy atom. The summed E-state index contributed by atoms with van der Waals surface area (Å²) in [5, 5.41) is 4.81. The van der Waals surface area contributed by atoms with Crippen molar-refractivity contribution >= 4 is 70.4 Å². The van der Waals surface area contributed by atoms with Crippen LogP contribution in [-0.2, 0) is 5.41 Å². The van der Waals surface area contributed by atoms with Gasteiger partial charge in [-0.2, -0.15) is 0 Å². The van der Waals surface area contributed by atoms with E-state index in [1.165, 1.54) is 53.8 Å². The summed E-state index contributed by atoms with van der Waals surface area (Å²) >= 11 is 1.86. The van der Waals surface area contributed by atoms with Gasteiger partial charge >= 0.3 is 0 Å². The smallest absolute Gasteiger partial charge is 0.135 e. The van der Waals surface area contributed by atoms with E-state index in [4.69, 9.17) is 9.40 Å². The molecule has 0 N–H and O–H groups in total. The molecular formula is C53H35N3OS. The number of furan rings is 1. The molecule has 5 heterocycles. The SMILES string of the molecule is CC12C=C(c3ccc4oc5ccc(-c6ccccn6)cc5c4c3)C=CC1N(c1ccc3sc4ccccc4c3c1)c1ccc(-c3ccccc3-c3ccccn3)cc12. The quantitative estimate of drug-likeness (QED) is 0.175. The molecule has 1 aliphatic heterocycles. The largest absolute Gasteiger partial charge is 0.456 e. The Hall–Kier alpha value is -7.08. The molecule has 2 atom stereocenters. The fraction of sp³-hybridized carbons (Fsp3) is 0.0566. The van der Waals surface area contributed by atoms with E-state index >= 15 is 0 Å². The van der Waals surface area contributed by atoms with E-state index < -0.39 is 0 Å². The van der Waals surface area contributed by atoms with E-state index in [1.54, 1.807) is 0 Å². The Morgan fingerprint density at radius 1 is 0.569 bits per heavy atom. The molecule has 0 bridgehead atoms.